The van der Waals surface area contributed by atoms with Crippen LogP contribution in [0, 0.1) is 0 Å². The Morgan fingerprint density at radius 1 is 1.00 bits per heavy atom. The fourth-order valence-electron chi connectivity index (χ4n) is 2.87. The van der Waals surface area contributed by atoms with Crippen LogP contribution in [0.5, 0.6) is 0 Å². The van der Waals surface area contributed by atoms with Gasteiger partial charge in [0.15, 0.2) is 5.65 Å². The molecule has 2 aromatic carbocycles. The summed E-state index contributed by atoms with van der Waals surface area (Å²) < 4.78 is 0.428. The van der Waals surface area contributed by atoms with Gasteiger partial charge in [-0.1, -0.05) is 30.3 Å². The van der Waals surface area contributed by atoms with Gasteiger partial charge in [0, 0.05) is 11.9 Å². The number of rotatable bonds is 4. The Hall–Kier alpha value is -3.71. The van der Waals surface area contributed by atoms with E-state index in [0.717, 1.165) is 22.4 Å². The van der Waals surface area contributed by atoms with Crippen molar-refractivity contribution in [3.05, 3.63) is 82.9 Å². The third kappa shape index (κ3) is 3.23. The lowest BCUT2D eigenvalue weighted by molar-refractivity contribution is 0.182. The molecule has 7 nitrogen and oxygen atoms in total. The van der Waals surface area contributed by atoms with Crippen molar-refractivity contribution in [3.8, 4) is 11.1 Å². The highest BCUT2D eigenvalue weighted by molar-refractivity contribution is 5.88. The summed E-state index contributed by atoms with van der Waals surface area (Å²) >= 11 is 0. The highest BCUT2D eigenvalue weighted by atomic mass is 16.5. The molecule has 0 atom stereocenters. The van der Waals surface area contributed by atoms with Gasteiger partial charge in [-0.25, -0.2) is 9.78 Å². The summed E-state index contributed by atoms with van der Waals surface area (Å²) in [4.78, 5) is 19.7. The smallest absolute Gasteiger partial charge is 0.384 e. The maximum Gasteiger partial charge on any atom is 0.384 e. The van der Waals surface area contributed by atoms with Crippen LogP contribution in [0.25, 0.3) is 22.2 Å². The van der Waals surface area contributed by atoms with E-state index < -0.39 is 5.69 Å². The van der Waals surface area contributed by atoms with Crippen LogP contribution in [0.2, 0.25) is 0 Å². The first kappa shape index (κ1) is 16.7. The lowest BCUT2D eigenvalue weighted by Crippen LogP contribution is -2.23. The second kappa shape index (κ2) is 6.89. The van der Waals surface area contributed by atoms with Crippen molar-refractivity contribution in [2.75, 3.05) is 5.32 Å². The van der Waals surface area contributed by atoms with Crippen molar-refractivity contribution in [1.29, 1.82) is 0 Å². The van der Waals surface area contributed by atoms with Gasteiger partial charge in [0.05, 0.1) is 12.0 Å². The predicted octanol–water partition coefficient (Wildman–Crippen LogP) is 2.93. The summed E-state index contributed by atoms with van der Waals surface area (Å²) in [5.41, 5.74) is 2.93. The van der Waals surface area contributed by atoms with Gasteiger partial charge < -0.3 is 15.6 Å². The molecule has 3 N–H and O–H groups in total. The average molecular weight is 360 g/mol. The monoisotopic (exact) mass is 360 g/mol. The van der Waals surface area contributed by atoms with Crippen molar-refractivity contribution in [3.63, 3.8) is 0 Å². The number of nitrogens with one attached hydrogen (secondary N) is 1. The van der Waals surface area contributed by atoms with E-state index in [2.05, 4.69) is 15.3 Å². The number of aromatic nitrogens is 3. The molecule has 134 valence electrons. The summed E-state index contributed by atoms with van der Waals surface area (Å²) in [6, 6.07) is 18.7. The van der Waals surface area contributed by atoms with Crippen LogP contribution < -0.4 is 11.0 Å². The highest BCUT2D eigenvalue weighted by Gasteiger charge is 2.11. The van der Waals surface area contributed by atoms with Crippen LogP contribution in [0.4, 0.5) is 11.5 Å². The average Bonchev–Trinajstić information content (AvgIpc) is 2.72. The van der Waals surface area contributed by atoms with Gasteiger partial charge in [-0.2, -0.15) is 4.98 Å². The number of hydrogen-bond acceptors (Lipinski definition) is 6. The maximum atomic E-state index is 11.8. The Bertz CT molecular complexity index is 1170. The molecule has 4 rings (SSSR count). The standard InChI is InChI=1S/C20H16N4O3/c25-12-13-3-1-4-15(11-13)14-6-8-16(9-7-14)22-18-17-5-2-10-21-19(17)24(27)20(26)23-18/h1-11,25,27H,12H2,(H,22,23,26). The molecule has 0 fully saturated rings. The summed E-state index contributed by atoms with van der Waals surface area (Å²) in [7, 11) is 0. The molecule has 2 heterocycles. The SMILES string of the molecule is O=c1nc(Nc2ccc(-c3cccc(CO)c3)cc2)c2cccnc2n1O. The molecule has 0 saturated carbocycles. The number of pyridine rings is 1. The lowest BCUT2D eigenvalue weighted by atomic mass is 10.0. The Balaban J connectivity index is 1.67. The minimum absolute atomic E-state index is 0.00332. The molecule has 0 aliphatic heterocycles. The third-order valence-corrected chi connectivity index (χ3v) is 4.22. The van der Waals surface area contributed by atoms with Gasteiger partial charge in [-0.3, -0.25) is 0 Å². The first-order valence-corrected chi connectivity index (χ1v) is 8.30. The fourth-order valence-corrected chi connectivity index (χ4v) is 2.87. The second-order valence-corrected chi connectivity index (χ2v) is 5.99. The molecular formula is C20H16N4O3. The molecule has 4 aromatic rings. The summed E-state index contributed by atoms with van der Waals surface area (Å²) in [6.07, 6.45) is 1.49. The second-order valence-electron chi connectivity index (χ2n) is 5.99. The van der Waals surface area contributed by atoms with Gasteiger partial charge in [-0.05, 0) is 47.0 Å². The molecule has 0 unspecified atom stereocenters. The lowest BCUT2D eigenvalue weighted by Gasteiger charge is -2.10. The summed E-state index contributed by atoms with van der Waals surface area (Å²) in [5, 5.41) is 22.7. The Morgan fingerprint density at radius 3 is 2.59 bits per heavy atom. The van der Waals surface area contributed by atoms with Gasteiger partial charge in [0.2, 0.25) is 0 Å². The van der Waals surface area contributed by atoms with Crippen LogP contribution in [0.3, 0.4) is 0 Å². The number of anilines is 2. The van der Waals surface area contributed by atoms with E-state index in [1.807, 2.05) is 48.5 Å². The van der Waals surface area contributed by atoms with Crippen LogP contribution in [0.15, 0.2) is 71.7 Å². The number of hydrogen-bond donors (Lipinski definition) is 3. The summed E-state index contributed by atoms with van der Waals surface area (Å²) in [6.45, 7) is -0.00332. The Labute approximate surface area is 154 Å². The van der Waals surface area contributed by atoms with E-state index >= 15 is 0 Å². The zero-order chi connectivity index (χ0) is 18.8. The Kier molecular flexibility index (Phi) is 4.27. The fraction of sp³-hybridized carbons (Fsp3) is 0.0500. The maximum absolute atomic E-state index is 11.8. The van der Waals surface area contributed by atoms with Gasteiger partial charge in [0.25, 0.3) is 0 Å². The molecule has 27 heavy (non-hydrogen) atoms. The minimum Gasteiger partial charge on any atom is -0.422 e. The third-order valence-electron chi connectivity index (χ3n) is 4.22. The molecule has 2 aromatic heterocycles. The van der Waals surface area contributed by atoms with Crippen molar-refractivity contribution >= 4 is 22.5 Å². The van der Waals surface area contributed by atoms with Crippen LogP contribution in [0.1, 0.15) is 5.56 Å². The Morgan fingerprint density at radius 2 is 1.81 bits per heavy atom. The van der Waals surface area contributed by atoms with Gasteiger partial charge in [0.1, 0.15) is 5.82 Å². The molecular weight excluding hydrogens is 344 g/mol. The van der Waals surface area contributed by atoms with Crippen molar-refractivity contribution in [2.45, 2.75) is 6.61 Å². The van der Waals surface area contributed by atoms with Crippen LogP contribution >= 0.6 is 0 Å². The normalized spacial score (nSPS) is 10.9. The van der Waals surface area contributed by atoms with E-state index in [0.29, 0.717) is 15.9 Å². The highest BCUT2D eigenvalue weighted by Crippen LogP contribution is 2.25. The largest absolute Gasteiger partial charge is 0.422 e. The van der Waals surface area contributed by atoms with E-state index in [9.17, 15) is 15.1 Å². The zero-order valence-electron chi connectivity index (χ0n) is 14.2. The molecule has 0 radical (unpaired) electrons. The first-order chi connectivity index (χ1) is 13.2. The quantitative estimate of drug-likeness (QED) is 0.484. The predicted molar refractivity (Wildman–Crippen MR) is 102 cm³/mol. The van der Waals surface area contributed by atoms with Crippen molar-refractivity contribution < 1.29 is 10.3 Å². The molecule has 0 spiro atoms. The van der Waals surface area contributed by atoms with Crippen molar-refractivity contribution in [1.82, 2.24) is 14.7 Å². The molecule has 0 amide bonds. The molecule has 7 heteroatoms. The van der Waals surface area contributed by atoms with Gasteiger partial charge >= 0.3 is 5.69 Å². The topological polar surface area (TPSA) is 100 Å². The van der Waals surface area contributed by atoms with Gasteiger partial charge in [-0.15, -0.1) is 4.73 Å². The molecule has 0 aliphatic rings. The number of fused-ring (bicyclic) bond motifs is 1. The van der Waals surface area contributed by atoms with Crippen LogP contribution in [-0.4, -0.2) is 25.0 Å². The molecule has 0 aliphatic carbocycles. The number of aliphatic hydroxyl groups is 1. The minimum atomic E-state index is -0.805. The molecule has 0 bridgehead atoms. The van der Waals surface area contributed by atoms with E-state index in [1.54, 1.807) is 12.1 Å². The van der Waals surface area contributed by atoms with E-state index in [-0.39, 0.29) is 12.3 Å². The number of benzene rings is 2. The van der Waals surface area contributed by atoms with Crippen molar-refractivity contribution in [2.24, 2.45) is 0 Å². The zero-order valence-corrected chi connectivity index (χ0v) is 14.2. The van der Waals surface area contributed by atoms with Crippen LogP contribution in [-0.2, 0) is 6.61 Å². The molecule has 0 saturated heterocycles. The number of nitrogens with zero attached hydrogens (tertiary/aromatic N) is 3. The van der Waals surface area contributed by atoms with E-state index in [4.69, 9.17) is 0 Å². The summed E-state index contributed by atoms with van der Waals surface area (Å²) in [5.74, 6) is 0.323. The van der Waals surface area contributed by atoms with E-state index in [1.165, 1.54) is 6.20 Å². The first-order valence-electron chi connectivity index (χ1n) is 8.30. The number of aliphatic hydroxyl groups excluding tert-OH is 1.